The molecule has 1 atom stereocenters. The molecule has 50 heavy (non-hydrogen) atoms. The first kappa shape index (κ1) is 35.5. The van der Waals surface area contributed by atoms with Crippen LogP contribution in [0.2, 0.25) is 0 Å². The molecular formula is C44H54N2O4. The highest BCUT2D eigenvalue weighted by Crippen LogP contribution is 2.45. The van der Waals surface area contributed by atoms with Gasteiger partial charge in [-0.15, -0.1) is 0 Å². The Labute approximate surface area is 299 Å². The number of piperidine rings is 1. The van der Waals surface area contributed by atoms with E-state index in [1.54, 1.807) is 21.3 Å². The van der Waals surface area contributed by atoms with Crippen molar-refractivity contribution in [1.29, 1.82) is 0 Å². The van der Waals surface area contributed by atoms with E-state index in [1.165, 1.54) is 47.9 Å². The molecule has 4 aromatic rings. The van der Waals surface area contributed by atoms with E-state index in [1.807, 2.05) is 24.3 Å². The average Bonchev–Trinajstić information content (AvgIpc) is 3.16. The van der Waals surface area contributed by atoms with Crippen LogP contribution in [0.5, 0.6) is 17.2 Å². The van der Waals surface area contributed by atoms with Crippen LogP contribution < -0.4 is 19.5 Å². The lowest BCUT2D eigenvalue weighted by Gasteiger charge is -2.50. The number of aryl methyl sites for hydroxylation is 1. The fourth-order valence-corrected chi connectivity index (χ4v) is 8.76. The Morgan fingerprint density at radius 3 is 2.12 bits per heavy atom. The highest BCUT2D eigenvalue weighted by molar-refractivity contribution is 5.78. The predicted octanol–water partition coefficient (Wildman–Crippen LogP) is 8.33. The fourth-order valence-electron chi connectivity index (χ4n) is 8.76. The summed E-state index contributed by atoms with van der Waals surface area (Å²) in [5.74, 6) is 2.48. The third-order valence-electron chi connectivity index (χ3n) is 11.4. The molecule has 1 aliphatic heterocycles. The zero-order valence-corrected chi connectivity index (χ0v) is 30.2. The highest BCUT2D eigenvalue weighted by Gasteiger charge is 2.42. The normalized spacial score (nSPS) is 17.6. The van der Waals surface area contributed by atoms with Crippen molar-refractivity contribution in [1.82, 2.24) is 10.2 Å². The molecule has 1 heterocycles. The minimum absolute atomic E-state index is 0.0452. The maximum Gasteiger partial charge on any atom is 0.224 e. The molecule has 1 N–H and O–H groups in total. The Morgan fingerprint density at radius 1 is 0.760 bits per heavy atom. The molecule has 6 rings (SSSR count). The molecule has 1 aliphatic carbocycles. The monoisotopic (exact) mass is 674 g/mol. The second-order valence-electron chi connectivity index (χ2n) is 14.2. The van der Waals surface area contributed by atoms with Gasteiger partial charge in [0.2, 0.25) is 5.91 Å². The summed E-state index contributed by atoms with van der Waals surface area (Å²) in [5, 5.41) is 3.21. The summed E-state index contributed by atoms with van der Waals surface area (Å²) >= 11 is 0. The molecule has 1 fully saturated rings. The van der Waals surface area contributed by atoms with Gasteiger partial charge in [0.1, 0.15) is 5.75 Å². The maximum atomic E-state index is 12.9. The van der Waals surface area contributed by atoms with Gasteiger partial charge in [-0.3, -0.25) is 9.69 Å². The first-order valence-electron chi connectivity index (χ1n) is 18.5. The number of amides is 1. The van der Waals surface area contributed by atoms with Gasteiger partial charge in [-0.2, -0.15) is 0 Å². The van der Waals surface area contributed by atoms with Crippen molar-refractivity contribution in [2.24, 2.45) is 0 Å². The van der Waals surface area contributed by atoms with E-state index in [0.29, 0.717) is 13.0 Å². The third-order valence-corrected chi connectivity index (χ3v) is 11.4. The molecule has 6 heteroatoms. The Bertz CT molecular complexity index is 1650. The summed E-state index contributed by atoms with van der Waals surface area (Å²) in [7, 11) is 5.11. The standard InChI is InChI=1S/C44H54N2O4/c1-48-39-20-12-15-34(29-39)30-42(47)45-26-13-23-44(37-16-6-4-7-17-37,38-18-8-5-9-19-38)24-14-28-46-27-11-10-22-43(46)25-21-35-31-40(49-2)41(50-3)32-36(35)33-43/h4-9,12,15-20,29,31-32H,10-11,13-14,21-28,30,33H2,1-3H3,(H,45,47). The van der Waals surface area contributed by atoms with Crippen molar-refractivity contribution < 1.29 is 19.0 Å². The number of nitrogens with zero attached hydrogens (tertiary/aromatic N) is 1. The lowest BCUT2D eigenvalue weighted by molar-refractivity contribution is -0.120. The topological polar surface area (TPSA) is 60.0 Å². The number of methoxy groups -OCH3 is 3. The van der Waals surface area contributed by atoms with Crippen LogP contribution in [0.25, 0.3) is 0 Å². The molecule has 1 saturated heterocycles. The SMILES string of the molecule is COc1cccc(CC(=O)NCCCC(CCCN2CCCCC23CCc2cc(OC)c(OC)cc2C3)(c2ccccc2)c2ccccc2)c1. The highest BCUT2D eigenvalue weighted by atomic mass is 16.5. The molecule has 1 unspecified atom stereocenters. The van der Waals surface area contributed by atoms with Crippen molar-refractivity contribution in [3.8, 4) is 17.2 Å². The first-order valence-corrected chi connectivity index (χ1v) is 18.5. The smallest absolute Gasteiger partial charge is 0.224 e. The molecule has 1 spiro atoms. The van der Waals surface area contributed by atoms with Crippen molar-refractivity contribution >= 4 is 5.91 Å². The van der Waals surface area contributed by atoms with Crippen LogP contribution in [0, 0.1) is 0 Å². The second-order valence-corrected chi connectivity index (χ2v) is 14.2. The summed E-state index contributed by atoms with van der Waals surface area (Å²) in [6.07, 6.45) is 11.5. The van der Waals surface area contributed by atoms with Gasteiger partial charge in [-0.05, 0) is 123 Å². The van der Waals surface area contributed by atoms with Gasteiger partial charge in [0.25, 0.3) is 0 Å². The predicted molar refractivity (Wildman–Crippen MR) is 202 cm³/mol. The molecular weight excluding hydrogens is 620 g/mol. The number of carbonyl (C=O) groups excluding carboxylic acids is 1. The van der Waals surface area contributed by atoms with Gasteiger partial charge in [0, 0.05) is 17.5 Å². The van der Waals surface area contributed by atoms with Crippen LogP contribution in [-0.2, 0) is 29.5 Å². The van der Waals surface area contributed by atoms with Gasteiger partial charge in [0.05, 0.1) is 27.8 Å². The summed E-state index contributed by atoms with van der Waals surface area (Å²) < 4.78 is 16.7. The van der Waals surface area contributed by atoms with E-state index in [4.69, 9.17) is 14.2 Å². The van der Waals surface area contributed by atoms with E-state index in [0.717, 1.165) is 74.4 Å². The van der Waals surface area contributed by atoms with Gasteiger partial charge < -0.3 is 19.5 Å². The van der Waals surface area contributed by atoms with E-state index >= 15 is 0 Å². The molecule has 0 bridgehead atoms. The third kappa shape index (κ3) is 8.02. The molecule has 0 saturated carbocycles. The van der Waals surface area contributed by atoms with Gasteiger partial charge in [0.15, 0.2) is 11.5 Å². The zero-order valence-electron chi connectivity index (χ0n) is 30.2. The van der Waals surface area contributed by atoms with Crippen molar-refractivity contribution in [2.45, 2.75) is 81.6 Å². The Morgan fingerprint density at radius 2 is 1.44 bits per heavy atom. The molecule has 0 aromatic heterocycles. The molecule has 6 nitrogen and oxygen atoms in total. The number of nitrogens with one attached hydrogen (secondary N) is 1. The van der Waals surface area contributed by atoms with Crippen LogP contribution in [0.4, 0.5) is 0 Å². The summed E-state index contributed by atoms with van der Waals surface area (Å²) in [5.41, 5.74) is 6.54. The lowest BCUT2D eigenvalue weighted by atomic mass is 9.68. The minimum Gasteiger partial charge on any atom is -0.497 e. The zero-order chi connectivity index (χ0) is 34.8. The van der Waals surface area contributed by atoms with Crippen LogP contribution >= 0.6 is 0 Å². The summed E-state index contributed by atoms with van der Waals surface area (Å²) in [6.45, 7) is 2.89. The summed E-state index contributed by atoms with van der Waals surface area (Å²) in [4.78, 5) is 15.8. The van der Waals surface area contributed by atoms with Crippen molar-refractivity contribution in [3.05, 3.63) is 125 Å². The second kappa shape index (κ2) is 16.6. The molecule has 1 amide bonds. The first-order chi connectivity index (χ1) is 24.5. The molecule has 4 aromatic carbocycles. The quantitative estimate of drug-likeness (QED) is 0.129. The number of fused-ring (bicyclic) bond motifs is 1. The van der Waals surface area contributed by atoms with Crippen LogP contribution in [0.1, 0.15) is 79.2 Å². The van der Waals surface area contributed by atoms with E-state index in [2.05, 4.69) is 83.0 Å². The largest absolute Gasteiger partial charge is 0.497 e. The van der Waals surface area contributed by atoms with E-state index in [9.17, 15) is 4.79 Å². The van der Waals surface area contributed by atoms with Gasteiger partial charge in [-0.1, -0.05) is 79.2 Å². The van der Waals surface area contributed by atoms with Crippen LogP contribution in [0.15, 0.2) is 97.1 Å². The number of hydrogen-bond donors (Lipinski definition) is 1. The van der Waals surface area contributed by atoms with Crippen LogP contribution in [-0.4, -0.2) is 57.3 Å². The number of hydrogen-bond acceptors (Lipinski definition) is 5. The number of likely N-dealkylation sites (tertiary alicyclic amines) is 1. The summed E-state index contributed by atoms with van der Waals surface area (Å²) in [6, 6.07) is 34.3. The minimum atomic E-state index is -0.147. The molecule has 2 aliphatic rings. The number of carbonyl (C=O) groups is 1. The van der Waals surface area contributed by atoms with E-state index in [-0.39, 0.29) is 16.9 Å². The Balaban J connectivity index is 1.17. The van der Waals surface area contributed by atoms with Crippen molar-refractivity contribution in [3.63, 3.8) is 0 Å². The van der Waals surface area contributed by atoms with Crippen molar-refractivity contribution in [2.75, 3.05) is 41.0 Å². The average molecular weight is 675 g/mol. The Kier molecular flexibility index (Phi) is 11.8. The fraction of sp³-hybridized carbons (Fsp3) is 0.432. The lowest BCUT2D eigenvalue weighted by Crippen LogP contribution is -2.55. The van der Waals surface area contributed by atoms with E-state index < -0.39 is 0 Å². The maximum absolute atomic E-state index is 12.9. The molecule has 0 radical (unpaired) electrons. The number of rotatable bonds is 15. The van der Waals surface area contributed by atoms with Crippen LogP contribution in [0.3, 0.4) is 0 Å². The molecule has 264 valence electrons. The number of ether oxygens (including phenoxy) is 3. The Hall–Kier alpha value is -4.29. The number of benzene rings is 4. The van der Waals surface area contributed by atoms with Gasteiger partial charge in [-0.25, -0.2) is 0 Å². The van der Waals surface area contributed by atoms with Gasteiger partial charge >= 0.3 is 0 Å².